The molecule has 7 nitrogen and oxygen atoms in total. The molecule has 0 saturated carbocycles. The van der Waals surface area contributed by atoms with Crippen molar-refractivity contribution >= 4 is 17.9 Å². The lowest BCUT2D eigenvalue weighted by Gasteiger charge is -2.19. The van der Waals surface area contributed by atoms with Gasteiger partial charge in [-0.05, 0) is 33.6 Å². The Morgan fingerprint density at radius 2 is 1.52 bits per heavy atom. The first-order valence-corrected chi connectivity index (χ1v) is 7.07. The number of carbonyl (C=O) groups excluding carboxylic acids is 2. The highest BCUT2D eigenvalue weighted by atomic mass is 16.7. The summed E-state index contributed by atoms with van der Waals surface area (Å²) in [6.45, 7) is 5.06. The van der Waals surface area contributed by atoms with E-state index in [2.05, 4.69) is 10.3 Å². The summed E-state index contributed by atoms with van der Waals surface area (Å²) < 4.78 is 5.02. The lowest BCUT2D eigenvalue weighted by atomic mass is 10.1. The van der Waals surface area contributed by atoms with Crippen LogP contribution >= 0.6 is 0 Å². The Kier molecular flexibility index (Phi) is 9.36. The third-order valence-corrected chi connectivity index (χ3v) is 2.34. The third-order valence-electron chi connectivity index (χ3n) is 2.34. The second-order valence-corrected chi connectivity index (χ2v) is 5.69. The summed E-state index contributed by atoms with van der Waals surface area (Å²) in [6.07, 6.45) is 3.17. The van der Waals surface area contributed by atoms with Gasteiger partial charge in [-0.1, -0.05) is 12.8 Å². The van der Waals surface area contributed by atoms with Crippen LogP contribution in [-0.4, -0.2) is 35.2 Å². The molecule has 0 fully saturated rings. The van der Waals surface area contributed by atoms with E-state index in [4.69, 9.17) is 9.84 Å². The molecular formula is C14H25NO6. The minimum absolute atomic E-state index is 0.155. The fourth-order valence-electron chi connectivity index (χ4n) is 1.50. The van der Waals surface area contributed by atoms with Crippen LogP contribution in [0.25, 0.3) is 0 Å². The molecule has 0 rings (SSSR count). The molecule has 0 amide bonds. The maximum Gasteiger partial charge on any atom is 0.324 e. The van der Waals surface area contributed by atoms with Crippen LogP contribution in [0.1, 0.15) is 59.3 Å². The van der Waals surface area contributed by atoms with Crippen LogP contribution < -0.4 is 5.48 Å². The molecular weight excluding hydrogens is 278 g/mol. The van der Waals surface area contributed by atoms with E-state index in [1.165, 1.54) is 0 Å². The van der Waals surface area contributed by atoms with E-state index in [-0.39, 0.29) is 19.4 Å². The van der Waals surface area contributed by atoms with Gasteiger partial charge < -0.3 is 14.7 Å². The molecule has 21 heavy (non-hydrogen) atoms. The lowest BCUT2D eigenvalue weighted by molar-refractivity contribution is -0.161. The van der Waals surface area contributed by atoms with Crippen LogP contribution in [0.4, 0.5) is 0 Å². The Bertz CT molecular complexity index is 348. The van der Waals surface area contributed by atoms with Crippen molar-refractivity contribution in [2.45, 2.75) is 64.9 Å². The number of carboxylic acid groups (broad SMARTS) is 1. The van der Waals surface area contributed by atoms with E-state index in [9.17, 15) is 14.4 Å². The molecule has 0 radical (unpaired) electrons. The van der Waals surface area contributed by atoms with E-state index in [1.807, 2.05) is 0 Å². The topological polar surface area (TPSA) is 102 Å². The number of nitrogens with one attached hydrogen (secondary N) is 1. The van der Waals surface area contributed by atoms with Gasteiger partial charge in [-0.2, -0.15) is 0 Å². The molecule has 0 aliphatic heterocycles. The van der Waals surface area contributed by atoms with Gasteiger partial charge in [-0.3, -0.25) is 14.4 Å². The molecule has 0 aromatic heterocycles. The van der Waals surface area contributed by atoms with Gasteiger partial charge in [0, 0.05) is 12.8 Å². The number of hydrogen-bond donors (Lipinski definition) is 2. The van der Waals surface area contributed by atoms with Gasteiger partial charge in [-0.25, -0.2) is 0 Å². The second kappa shape index (κ2) is 10.1. The summed E-state index contributed by atoms with van der Waals surface area (Å²) in [7, 11) is 0. The van der Waals surface area contributed by atoms with Crippen LogP contribution in [0.3, 0.4) is 0 Å². The SMILES string of the molecule is CC(C)(C)OC(=O)CNOC(=O)CCCCCCC(=O)O. The Morgan fingerprint density at radius 3 is 2.05 bits per heavy atom. The monoisotopic (exact) mass is 303 g/mol. The van der Waals surface area contributed by atoms with Crippen molar-refractivity contribution in [2.24, 2.45) is 0 Å². The molecule has 0 aromatic carbocycles. The van der Waals surface area contributed by atoms with Crippen LogP contribution in [-0.2, 0) is 24.0 Å². The molecule has 0 bridgehead atoms. The van der Waals surface area contributed by atoms with Gasteiger partial charge in [-0.15, -0.1) is 5.48 Å². The number of hydroxylamine groups is 1. The summed E-state index contributed by atoms with van der Waals surface area (Å²) in [5.74, 6) is -1.75. The fraction of sp³-hybridized carbons (Fsp3) is 0.786. The molecule has 0 saturated heterocycles. The smallest absolute Gasteiger partial charge is 0.324 e. The fourth-order valence-corrected chi connectivity index (χ4v) is 1.50. The van der Waals surface area contributed by atoms with Crippen LogP contribution in [0, 0.1) is 0 Å². The molecule has 0 aromatic rings. The maximum atomic E-state index is 11.3. The Labute approximate surface area is 124 Å². The van der Waals surface area contributed by atoms with Gasteiger partial charge in [0.2, 0.25) is 0 Å². The number of aliphatic carboxylic acids is 1. The average molecular weight is 303 g/mol. The van der Waals surface area contributed by atoms with Crippen molar-refractivity contribution in [1.82, 2.24) is 5.48 Å². The highest BCUT2D eigenvalue weighted by Gasteiger charge is 2.16. The van der Waals surface area contributed by atoms with E-state index in [1.54, 1.807) is 20.8 Å². The van der Waals surface area contributed by atoms with Gasteiger partial charge in [0.15, 0.2) is 0 Å². The minimum atomic E-state index is -0.805. The molecule has 7 heteroatoms. The first-order valence-electron chi connectivity index (χ1n) is 7.07. The molecule has 0 heterocycles. The summed E-state index contributed by atoms with van der Waals surface area (Å²) in [5.41, 5.74) is 1.70. The van der Waals surface area contributed by atoms with E-state index in [0.29, 0.717) is 12.8 Å². The summed E-state index contributed by atoms with van der Waals surface area (Å²) in [5, 5.41) is 8.45. The van der Waals surface area contributed by atoms with Crippen LogP contribution in [0.2, 0.25) is 0 Å². The summed E-state index contributed by atoms with van der Waals surface area (Å²) >= 11 is 0. The summed E-state index contributed by atoms with van der Waals surface area (Å²) in [4.78, 5) is 37.6. The Hall–Kier alpha value is -1.63. The zero-order valence-electron chi connectivity index (χ0n) is 12.9. The number of unbranched alkanes of at least 4 members (excludes halogenated alkanes) is 3. The van der Waals surface area contributed by atoms with Crippen molar-refractivity contribution in [2.75, 3.05) is 6.54 Å². The van der Waals surface area contributed by atoms with Gasteiger partial charge in [0.05, 0.1) is 0 Å². The second-order valence-electron chi connectivity index (χ2n) is 5.69. The zero-order chi connectivity index (χ0) is 16.3. The molecule has 0 atom stereocenters. The number of esters is 1. The number of carboxylic acids is 1. The largest absolute Gasteiger partial charge is 0.481 e. The normalized spacial score (nSPS) is 11.0. The predicted molar refractivity (Wildman–Crippen MR) is 75.3 cm³/mol. The number of hydrogen-bond acceptors (Lipinski definition) is 6. The number of carbonyl (C=O) groups is 3. The average Bonchev–Trinajstić information content (AvgIpc) is 2.30. The van der Waals surface area contributed by atoms with Crippen molar-refractivity contribution in [3.05, 3.63) is 0 Å². The first-order chi connectivity index (χ1) is 9.70. The van der Waals surface area contributed by atoms with Crippen molar-refractivity contribution in [3.63, 3.8) is 0 Å². The van der Waals surface area contributed by atoms with Crippen molar-refractivity contribution in [1.29, 1.82) is 0 Å². The van der Waals surface area contributed by atoms with Crippen LogP contribution in [0.5, 0.6) is 0 Å². The predicted octanol–water partition coefficient (Wildman–Crippen LogP) is 1.80. The zero-order valence-corrected chi connectivity index (χ0v) is 12.9. The number of rotatable bonds is 10. The van der Waals surface area contributed by atoms with Gasteiger partial charge in [0.25, 0.3) is 0 Å². The Balaban J connectivity index is 3.50. The molecule has 2 N–H and O–H groups in total. The Morgan fingerprint density at radius 1 is 0.952 bits per heavy atom. The molecule has 0 aliphatic rings. The molecule has 0 unspecified atom stereocenters. The van der Waals surface area contributed by atoms with Crippen molar-refractivity contribution < 1.29 is 29.1 Å². The standard InChI is InChI=1S/C14H25NO6/c1-14(2,3)20-13(19)10-15-21-12(18)9-7-5-4-6-8-11(16)17/h15H,4-10H2,1-3H3,(H,16,17). The van der Waals surface area contributed by atoms with E-state index in [0.717, 1.165) is 12.8 Å². The highest BCUT2D eigenvalue weighted by molar-refractivity contribution is 5.73. The first kappa shape index (κ1) is 19.4. The molecule has 0 spiro atoms. The maximum absolute atomic E-state index is 11.3. The minimum Gasteiger partial charge on any atom is -0.481 e. The van der Waals surface area contributed by atoms with Crippen LogP contribution in [0.15, 0.2) is 0 Å². The molecule has 0 aliphatic carbocycles. The van der Waals surface area contributed by atoms with Crippen molar-refractivity contribution in [3.8, 4) is 0 Å². The third kappa shape index (κ3) is 14.6. The highest BCUT2D eigenvalue weighted by Crippen LogP contribution is 2.07. The van der Waals surface area contributed by atoms with Gasteiger partial charge in [0.1, 0.15) is 12.1 Å². The quantitative estimate of drug-likeness (QED) is 0.360. The lowest BCUT2D eigenvalue weighted by Crippen LogP contribution is -2.32. The van der Waals surface area contributed by atoms with E-state index < -0.39 is 23.5 Å². The number of ether oxygens (including phenoxy) is 1. The van der Waals surface area contributed by atoms with Gasteiger partial charge >= 0.3 is 17.9 Å². The van der Waals surface area contributed by atoms with E-state index >= 15 is 0 Å². The summed E-state index contributed by atoms with van der Waals surface area (Å²) in [6, 6.07) is 0. The molecule has 122 valence electrons.